The van der Waals surface area contributed by atoms with Gasteiger partial charge >= 0.3 is 131 Å². The second-order valence-corrected chi connectivity index (χ2v) is 16.0. The first-order valence-corrected chi connectivity index (χ1v) is 19.0. The molecule has 0 radical (unpaired) electrons. The molecule has 1 N–H and O–H groups in total. The average molecular weight is 1360 g/mol. The Morgan fingerprint density at radius 3 is 0.824 bits per heavy atom. The van der Waals surface area contributed by atoms with E-state index >= 15 is 26.3 Å². The third-order valence-corrected chi connectivity index (χ3v) is 10.8. The monoisotopic (exact) mass is 1360 g/mol. The summed E-state index contributed by atoms with van der Waals surface area (Å²) in [5.74, 6) is -208. The lowest BCUT2D eigenvalue weighted by Crippen LogP contribution is -2.80. The van der Waals surface area contributed by atoms with Crippen molar-refractivity contribution in [1.82, 2.24) is 5.32 Å². The van der Waals surface area contributed by atoms with Crippen LogP contribution in [0.2, 0.25) is 0 Å². The summed E-state index contributed by atoms with van der Waals surface area (Å²) >= 11 is 0. The Kier molecular flexibility index (Phi) is 18.8. The molecule has 1 aromatic rings. The first-order valence-electron chi connectivity index (χ1n) is 19.0. The number of amides is 1. The molecule has 0 heterocycles. The minimum absolute atomic E-state index is 0.242. The quantitative estimate of drug-likeness (QED) is 0.0344. The van der Waals surface area contributed by atoms with Gasteiger partial charge < -0.3 is 10.1 Å². The van der Waals surface area contributed by atoms with E-state index in [4.69, 9.17) is 0 Å². The van der Waals surface area contributed by atoms with Crippen molar-refractivity contribution in [2.75, 3.05) is 6.73 Å². The number of esters is 1. The molecule has 85 heavy (non-hydrogen) atoms. The molecular weight excluding hydrogens is 1350 g/mol. The van der Waals surface area contributed by atoms with Gasteiger partial charge in [0.1, 0.15) is 11.4 Å². The highest BCUT2D eigenvalue weighted by atomic mass is 19.4. The highest BCUT2D eigenvalue weighted by molar-refractivity contribution is 5.99. The Morgan fingerprint density at radius 2 is 0.612 bits per heavy atom. The summed E-state index contributed by atoms with van der Waals surface area (Å²) in [6.45, 7) is -1.76. The molecule has 51 heteroatoms. The molecule has 0 unspecified atom stereocenters. The molecule has 0 aliphatic rings. The SMILES string of the molecule is CC(=O)OCNC(=O)c1cc(N=C=O)c(N=C=O)c(C)c1C(F)(F)C(F)(F)C(F)(F)C(F)(F)C(F)(F)C(F)(F)C(F)(F)C(F)(F)C(F)(F)C(F)(F)C(F)(F)C(F)(F)C(F)(F)C(F)(F)C(F)(F)C(F)(F)C(F)(F)C(F)(F)C(F)(F)C(F)(F)C(F)(F)F. The van der Waals surface area contributed by atoms with Crippen LogP contribution in [0.5, 0.6) is 0 Å². The number of nitrogens with zero attached hydrogens (tertiary/aromatic N) is 2. The van der Waals surface area contributed by atoms with Gasteiger partial charge in [-0.15, -0.1) is 0 Å². The molecule has 0 aliphatic heterocycles. The maximum Gasteiger partial charge on any atom is 0.460 e. The van der Waals surface area contributed by atoms with Gasteiger partial charge in [-0.2, -0.15) is 199 Å². The van der Waals surface area contributed by atoms with Gasteiger partial charge in [-0.1, -0.05) is 0 Å². The van der Waals surface area contributed by atoms with Crippen molar-refractivity contribution in [3.05, 3.63) is 22.8 Å². The summed E-state index contributed by atoms with van der Waals surface area (Å²) < 4.78 is 615. The fourth-order valence-electron chi connectivity index (χ4n) is 5.88. The molecule has 1 aromatic carbocycles. The van der Waals surface area contributed by atoms with E-state index in [9.17, 15) is 182 Å². The number of hydrogen-bond donors (Lipinski definition) is 1. The number of ether oxygens (including phenoxy) is 1. The predicted octanol–water partition coefficient (Wildman–Crippen LogP) is 14.9. The van der Waals surface area contributed by atoms with E-state index in [0.717, 1.165) is 5.32 Å². The van der Waals surface area contributed by atoms with Crippen molar-refractivity contribution >= 4 is 35.4 Å². The van der Waals surface area contributed by atoms with E-state index in [-0.39, 0.29) is 13.0 Å². The zero-order valence-corrected chi connectivity index (χ0v) is 38.0. The first-order chi connectivity index (χ1) is 36.6. The van der Waals surface area contributed by atoms with Gasteiger partial charge in [-0.25, -0.2) is 9.59 Å². The Labute approximate surface area is 432 Å². The molecule has 0 fully saturated rings. The number of nitrogens with one attached hydrogen (secondary N) is 1. The van der Waals surface area contributed by atoms with Crippen molar-refractivity contribution in [3.63, 3.8) is 0 Å². The Balaban J connectivity index is 4.36. The molecule has 0 bridgehead atoms. The van der Waals surface area contributed by atoms with Crippen molar-refractivity contribution in [2.24, 2.45) is 9.98 Å². The van der Waals surface area contributed by atoms with Crippen LogP contribution in [-0.4, -0.2) is 149 Å². The Hall–Kier alpha value is -6.09. The van der Waals surface area contributed by atoms with E-state index < -0.39 is 177 Å². The lowest BCUT2D eigenvalue weighted by molar-refractivity contribution is -0.496. The molecule has 0 saturated carbocycles. The predicted molar refractivity (Wildman–Crippen MR) is 175 cm³/mol. The molecular formula is C34H10F43N3O5. The molecule has 492 valence electrons. The highest BCUT2D eigenvalue weighted by Crippen LogP contribution is 2.72. The second kappa shape index (κ2) is 20.8. The third kappa shape index (κ3) is 9.63. The summed E-state index contributed by atoms with van der Waals surface area (Å²) in [5, 5.41) is 1.01. The number of halogens is 43. The molecule has 1 rings (SSSR count). The molecule has 1 amide bonds. The zero-order chi connectivity index (χ0) is 69.2. The molecule has 8 nitrogen and oxygen atoms in total. The van der Waals surface area contributed by atoms with Crippen molar-refractivity contribution in [2.45, 2.75) is 138 Å². The summed E-state index contributed by atoms with van der Waals surface area (Å²) in [6, 6.07) is -0.715. The van der Waals surface area contributed by atoms with Crippen LogP contribution in [0.3, 0.4) is 0 Å². The van der Waals surface area contributed by atoms with Crippen LogP contribution in [0.15, 0.2) is 16.1 Å². The van der Waals surface area contributed by atoms with Gasteiger partial charge in [0.05, 0.1) is 5.56 Å². The summed E-state index contributed by atoms with van der Waals surface area (Å²) in [7, 11) is 0. The summed E-state index contributed by atoms with van der Waals surface area (Å²) in [6.07, 6.45) is -7.97. The topological polar surface area (TPSA) is 114 Å². The molecule has 0 atom stereocenters. The van der Waals surface area contributed by atoms with Crippen molar-refractivity contribution in [1.29, 1.82) is 0 Å². The Bertz CT molecular complexity index is 2820. The van der Waals surface area contributed by atoms with Crippen molar-refractivity contribution < 1.29 is 213 Å². The number of hydrogen-bond acceptors (Lipinski definition) is 7. The smallest absolute Gasteiger partial charge is 0.445 e. The number of alkyl halides is 43. The van der Waals surface area contributed by atoms with Crippen LogP contribution < -0.4 is 5.32 Å². The molecule has 0 aromatic heterocycles. The van der Waals surface area contributed by atoms with Gasteiger partial charge in [0, 0.05) is 12.5 Å². The van der Waals surface area contributed by atoms with Crippen LogP contribution in [-0.2, 0) is 25.0 Å². The fraction of sp³-hybridized carbons (Fsp3) is 0.706. The maximum absolute atomic E-state index is 15.7. The average Bonchev–Trinajstić information content (AvgIpc) is 1.04. The van der Waals surface area contributed by atoms with E-state index in [1.165, 1.54) is 0 Å². The molecule has 0 saturated heterocycles. The van der Waals surface area contributed by atoms with E-state index in [1.807, 2.05) is 0 Å². The van der Waals surface area contributed by atoms with Crippen LogP contribution in [0.4, 0.5) is 200 Å². The normalized spacial score (nSPS) is 15.7. The zero-order valence-electron chi connectivity index (χ0n) is 38.0. The third-order valence-electron chi connectivity index (χ3n) is 10.8. The number of carbonyl (C=O) groups excluding carboxylic acids is 4. The van der Waals surface area contributed by atoms with Crippen LogP contribution in [0.25, 0.3) is 0 Å². The van der Waals surface area contributed by atoms with Gasteiger partial charge in [-0.3, -0.25) is 9.59 Å². The number of rotatable bonds is 25. The number of benzene rings is 1. The largest absolute Gasteiger partial charge is 0.460 e. The van der Waals surface area contributed by atoms with E-state index in [0.29, 0.717) is 13.0 Å². The van der Waals surface area contributed by atoms with Crippen LogP contribution in [0, 0.1) is 6.92 Å². The van der Waals surface area contributed by atoms with E-state index in [1.54, 1.807) is 0 Å². The maximum atomic E-state index is 15.7. The van der Waals surface area contributed by atoms with Gasteiger partial charge in [0.15, 0.2) is 6.73 Å². The highest BCUT2D eigenvalue weighted by Gasteiger charge is 3.04. The summed E-state index contributed by atoms with van der Waals surface area (Å²) in [4.78, 5) is 50.0. The number of carbonyl (C=O) groups is 2. The van der Waals surface area contributed by atoms with Gasteiger partial charge in [0.2, 0.25) is 12.2 Å². The lowest BCUT2D eigenvalue weighted by Gasteiger charge is -2.47. The lowest BCUT2D eigenvalue weighted by atomic mass is 9.81. The van der Waals surface area contributed by atoms with Crippen LogP contribution >= 0.6 is 0 Å². The van der Waals surface area contributed by atoms with Crippen LogP contribution in [0.1, 0.15) is 28.4 Å². The number of isocyanates is 2. The molecule has 0 spiro atoms. The fourth-order valence-corrected chi connectivity index (χ4v) is 5.88. The van der Waals surface area contributed by atoms with Gasteiger partial charge in [0.25, 0.3) is 5.91 Å². The molecule has 0 aliphatic carbocycles. The minimum Gasteiger partial charge on any atom is -0.445 e. The first kappa shape index (κ1) is 76.9. The standard InChI is InChI=1S/C34H10F43N3O5/c1-7-11(9(13(84)80-6-85-8(2)83)3-10(78-4-81)12(7)79-5-82)14(35,36)15(37,38)16(39,40)17(41,42)18(43,44)19(45,46)20(47,48)21(49,50)22(51,52)23(53,54)24(55,56)25(57,58)26(59,60)27(61,62)28(63,64)29(65,66)30(67,68)31(69,70)32(71,72)33(73,74)34(75,76)77/h3H,6H2,1-2H3,(H,80,84). The summed E-state index contributed by atoms with van der Waals surface area (Å²) in [5.41, 5.74) is -12.5. The number of aliphatic imine (C=N–C) groups is 2. The minimum atomic E-state index is -10.8. The van der Waals surface area contributed by atoms with Crippen molar-refractivity contribution in [3.8, 4) is 0 Å². The van der Waals surface area contributed by atoms with E-state index in [2.05, 4.69) is 14.7 Å². The second-order valence-electron chi connectivity index (χ2n) is 16.0. The Morgan fingerprint density at radius 1 is 0.388 bits per heavy atom. The van der Waals surface area contributed by atoms with Gasteiger partial charge in [-0.05, 0) is 18.6 Å².